The van der Waals surface area contributed by atoms with Crippen LogP contribution in [0.4, 0.5) is 0 Å². The van der Waals surface area contributed by atoms with E-state index in [1.165, 1.54) is 21.2 Å². The van der Waals surface area contributed by atoms with Crippen LogP contribution in [0.25, 0.3) is 0 Å². The second-order valence-electron chi connectivity index (χ2n) is 6.16. The summed E-state index contributed by atoms with van der Waals surface area (Å²) >= 11 is 3.61. The summed E-state index contributed by atoms with van der Waals surface area (Å²) in [4.78, 5) is 0. The third-order valence-corrected chi connectivity index (χ3v) is 4.39. The second kappa shape index (κ2) is 6.21. The average molecular weight is 312 g/mol. The Morgan fingerprint density at radius 3 is 2.33 bits per heavy atom. The lowest BCUT2D eigenvalue weighted by molar-refractivity contribution is 0.439. The van der Waals surface area contributed by atoms with E-state index in [9.17, 15) is 0 Å². The van der Waals surface area contributed by atoms with Gasteiger partial charge in [-0.2, -0.15) is 0 Å². The summed E-state index contributed by atoms with van der Waals surface area (Å²) in [6.45, 7) is 14.5. The third kappa shape index (κ3) is 4.10. The van der Waals surface area contributed by atoms with Gasteiger partial charge in [-0.05, 0) is 55.0 Å². The van der Waals surface area contributed by atoms with Crippen LogP contribution in [-0.2, 0) is 5.41 Å². The lowest BCUT2D eigenvalue weighted by Crippen LogP contribution is -2.30. The van der Waals surface area contributed by atoms with Gasteiger partial charge in [0.2, 0.25) is 0 Å². The van der Waals surface area contributed by atoms with Crippen molar-refractivity contribution in [1.82, 2.24) is 5.32 Å². The number of hydrogen-bond donors (Lipinski definition) is 1. The van der Waals surface area contributed by atoms with Gasteiger partial charge in [-0.3, -0.25) is 0 Å². The molecule has 2 heteroatoms. The van der Waals surface area contributed by atoms with Crippen LogP contribution in [0.2, 0.25) is 0 Å². The lowest BCUT2D eigenvalue weighted by atomic mass is 9.78. The molecule has 0 amide bonds. The smallest absolute Gasteiger partial charge is 0.0207 e. The molecule has 0 aliphatic rings. The monoisotopic (exact) mass is 311 g/mol. The first kappa shape index (κ1) is 15.7. The number of rotatable bonds is 5. The predicted octanol–water partition coefficient (Wildman–Crippen LogP) is 4.73. The molecule has 0 atom stereocenters. The number of nitrogens with one attached hydrogen (secondary N) is 1. The van der Waals surface area contributed by atoms with E-state index in [2.05, 4.69) is 74.9 Å². The molecule has 0 saturated heterocycles. The first-order chi connectivity index (χ1) is 8.24. The highest BCUT2D eigenvalue weighted by Gasteiger charge is 2.22. The Morgan fingerprint density at radius 1 is 1.17 bits per heavy atom. The van der Waals surface area contributed by atoms with Gasteiger partial charge in [-0.15, -0.1) is 0 Å². The van der Waals surface area contributed by atoms with E-state index in [-0.39, 0.29) is 5.41 Å². The molecule has 0 saturated carbocycles. The predicted molar refractivity (Wildman–Crippen MR) is 84.4 cm³/mol. The standard InChI is InChI=1S/C16H26BrN/c1-11(2)18-8-7-16(5,6)14-9-13(4)15(17)10-12(14)3/h9-11,18H,7-8H2,1-6H3. The van der Waals surface area contributed by atoms with Crippen LogP contribution in [0.1, 0.15) is 50.8 Å². The molecule has 0 aliphatic carbocycles. The maximum atomic E-state index is 3.61. The number of hydrogen-bond acceptors (Lipinski definition) is 1. The van der Waals surface area contributed by atoms with Gasteiger partial charge in [0.25, 0.3) is 0 Å². The highest BCUT2D eigenvalue weighted by molar-refractivity contribution is 9.10. The molecule has 0 heterocycles. The van der Waals surface area contributed by atoms with Gasteiger partial charge in [0.15, 0.2) is 0 Å². The fourth-order valence-electron chi connectivity index (χ4n) is 2.32. The fraction of sp³-hybridized carbons (Fsp3) is 0.625. The fourth-order valence-corrected chi connectivity index (χ4v) is 2.78. The molecule has 0 unspecified atom stereocenters. The molecule has 18 heavy (non-hydrogen) atoms. The minimum Gasteiger partial charge on any atom is -0.315 e. The van der Waals surface area contributed by atoms with Crippen molar-refractivity contribution in [2.45, 2.75) is 59.4 Å². The Hall–Kier alpha value is -0.340. The minimum absolute atomic E-state index is 0.220. The van der Waals surface area contributed by atoms with Crippen LogP contribution in [0.3, 0.4) is 0 Å². The van der Waals surface area contributed by atoms with Crippen LogP contribution < -0.4 is 5.32 Å². The number of benzene rings is 1. The molecular weight excluding hydrogens is 286 g/mol. The normalized spacial score (nSPS) is 12.2. The third-order valence-electron chi connectivity index (χ3n) is 3.54. The molecule has 1 aromatic rings. The van der Waals surface area contributed by atoms with Crippen molar-refractivity contribution in [3.05, 3.63) is 33.3 Å². The molecule has 0 aromatic heterocycles. The lowest BCUT2D eigenvalue weighted by Gasteiger charge is -2.28. The van der Waals surface area contributed by atoms with E-state index in [0.717, 1.165) is 13.0 Å². The topological polar surface area (TPSA) is 12.0 Å². The molecule has 0 fully saturated rings. The van der Waals surface area contributed by atoms with Crippen molar-refractivity contribution in [3.63, 3.8) is 0 Å². The first-order valence-electron chi connectivity index (χ1n) is 6.74. The van der Waals surface area contributed by atoms with Gasteiger partial charge >= 0.3 is 0 Å². The summed E-state index contributed by atoms with van der Waals surface area (Å²) in [5.41, 5.74) is 4.38. The van der Waals surface area contributed by atoms with E-state index >= 15 is 0 Å². The molecular formula is C16H26BrN. The molecule has 1 aromatic carbocycles. The summed E-state index contributed by atoms with van der Waals surface area (Å²) < 4.78 is 1.21. The van der Waals surface area contributed by atoms with E-state index in [4.69, 9.17) is 0 Å². The van der Waals surface area contributed by atoms with Gasteiger partial charge in [0, 0.05) is 10.5 Å². The summed E-state index contributed by atoms with van der Waals surface area (Å²) in [6, 6.07) is 5.13. The number of halogens is 1. The molecule has 1 rings (SSSR count). The van der Waals surface area contributed by atoms with Gasteiger partial charge < -0.3 is 5.32 Å². The van der Waals surface area contributed by atoms with E-state index < -0.39 is 0 Å². The van der Waals surface area contributed by atoms with E-state index in [1.807, 2.05) is 0 Å². The first-order valence-corrected chi connectivity index (χ1v) is 7.54. The Bertz CT molecular complexity index is 408. The minimum atomic E-state index is 0.220. The summed E-state index contributed by atoms with van der Waals surface area (Å²) in [7, 11) is 0. The van der Waals surface area contributed by atoms with Gasteiger partial charge in [-0.25, -0.2) is 0 Å². The van der Waals surface area contributed by atoms with Crippen molar-refractivity contribution in [2.75, 3.05) is 6.54 Å². The van der Waals surface area contributed by atoms with Crippen molar-refractivity contribution in [3.8, 4) is 0 Å². The summed E-state index contributed by atoms with van der Waals surface area (Å²) in [5.74, 6) is 0. The van der Waals surface area contributed by atoms with Crippen LogP contribution in [0, 0.1) is 13.8 Å². The Labute approximate surface area is 120 Å². The van der Waals surface area contributed by atoms with Crippen LogP contribution in [0.5, 0.6) is 0 Å². The van der Waals surface area contributed by atoms with E-state index in [1.54, 1.807) is 0 Å². The largest absolute Gasteiger partial charge is 0.315 e. The molecule has 0 spiro atoms. The maximum Gasteiger partial charge on any atom is 0.0207 e. The van der Waals surface area contributed by atoms with Crippen LogP contribution in [0.15, 0.2) is 16.6 Å². The van der Waals surface area contributed by atoms with Crippen LogP contribution in [-0.4, -0.2) is 12.6 Å². The molecule has 0 radical (unpaired) electrons. The molecule has 0 aliphatic heterocycles. The Balaban J connectivity index is 2.87. The molecule has 0 bridgehead atoms. The van der Waals surface area contributed by atoms with Gasteiger partial charge in [-0.1, -0.05) is 49.7 Å². The van der Waals surface area contributed by atoms with Crippen molar-refractivity contribution in [1.29, 1.82) is 0 Å². The average Bonchev–Trinajstić information content (AvgIpc) is 2.22. The quantitative estimate of drug-likeness (QED) is 0.828. The highest BCUT2D eigenvalue weighted by Crippen LogP contribution is 2.32. The zero-order valence-corrected chi connectivity index (χ0v) is 14.1. The summed E-state index contributed by atoms with van der Waals surface area (Å²) in [6.07, 6.45) is 1.16. The van der Waals surface area contributed by atoms with Gasteiger partial charge in [0.05, 0.1) is 0 Å². The van der Waals surface area contributed by atoms with Crippen LogP contribution >= 0.6 is 15.9 Å². The zero-order valence-electron chi connectivity index (χ0n) is 12.5. The highest BCUT2D eigenvalue weighted by atomic mass is 79.9. The SMILES string of the molecule is Cc1cc(C(C)(C)CCNC(C)C)c(C)cc1Br. The molecule has 1 N–H and O–H groups in total. The molecule has 1 nitrogen and oxygen atoms in total. The Morgan fingerprint density at radius 2 is 1.78 bits per heavy atom. The van der Waals surface area contributed by atoms with Gasteiger partial charge in [0.1, 0.15) is 0 Å². The second-order valence-corrected chi connectivity index (χ2v) is 7.01. The summed E-state index contributed by atoms with van der Waals surface area (Å²) in [5, 5.41) is 3.51. The zero-order chi connectivity index (χ0) is 13.9. The molecule has 102 valence electrons. The van der Waals surface area contributed by atoms with Crippen molar-refractivity contribution >= 4 is 15.9 Å². The van der Waals surface area contributed by atoms with Crippen molar-refractivity contribution in [2.24, 2.45) is 0 Å². The Kier molecular flexibility index (Phi) is 5.42. The number of aryl methyl sites for hydroxylation is 2. The van der Waals surface area contributed by atoms with E-state index in [0.29, 0.717) is 6.04 Å². The maximum absolute atomic E-state index is 3.61. The van der Waals surface area contributed by atoms with Crippen molar-refractivity contribution < 1.29 is 0 Å².